The van der Waals surface area contributed by atoms with Crippen LogP contribution in [-0.4, -0.2) is 19.5 Å². The number of hydrogen-bond acceptors (Lipinski definition) is 3. The average Bonchev–Trinajstić information content (AvgIpc) is 2.26. The zero-order valence-corrected chi connectivity index (χ0v) is 10.2. The lowest BCUT2D eigenvalue weighted by atomic mass is 10.1. The van der Waals surface area contributed by atoms with Crippen LogP contribution in [0.2, 0.25) is 0 Å². The minimum absolute atomic E-state index is 0.175. The molecule has 102 valence electrons. The summed E-state index contributed by atoms with van der Waals surface area (Å²) in [6.45, 7) is 3.45. The van der Waals surface area contributed by atoms with Crippen LogP contribution in [0, 0.1) is 0 Å². The maximum absolute atomic E-state index is 12.2. The average molecular weight is 262 g/mol. The molecule has 0 saturated carbocycles. The number of rotatable bonds is 6. The predicted molar refractivity (Wildman–Crippen MR) is 63.3 cm³/mol. The third-order valence-corrected chi connectivity index (χ3v) is 2.32. The molecule has 0 saturated heterocycles. The van der Waals surface area contributed by atoms with Gasteiger partial charge in [-0.05, 0) is 29.7 Å². The number of ether oxygens (including phenoxy) is 1. The van der Waals surface area contributed by atoms with Crippen molar-refractivity contribution in [2.75, 3.05) is 13.1 Å². The molecule has 0 aliphatic heterocycles. The molecule has 0 spiro atoms. The largest absolute Gasteiger partial charge is 0.573 e. The van der Waals surface area contributed by atoms with E-state index < -0.39 is 6.36 Å². The molecule has 18 heavy (non-hydrogen) atoms. The Kier molecular flexibility index (Phi) is 5.43. The van der Waals surface area contributed by atoms with E-state index >= 15 is 0 Å². The normalized spacial score (nSPS) is 11.6. The van der Waals surface area contributed by atoms with Crippen LogP contribution < -0.4 is 15.8 Å². The number of halogens is 3. The van der Waals surface area contributed by atoms with E-state index in [1.807, 2.05) is 13.0 Å². The van der Waals surface area contributed by atoms with E-state index in [0.29, 0.717) is 26.1 Å². The lowest BCUT2D eigenvalue weighted by molar-refractivity contribution is -0.274. The number of nitrogens with two attached hydrogens (primary N) is 1. The van der Waals surface area contributed by atoms with Crippen LogP contribution in [-0.2, 0) is 13.0 Å². The Morgan fingerprint density at radius 1 is 1.22 bits per heavy atom. The molecule has 1 rings (SSSR count). The van der Waals surface area contributed by atoms with Crippen molar-refractivity contribution >= 4 is 0 Å². The lowest BCUT2D eigenvalue weighted by Gasteiger charge is -2.12. The van der Waals surface area contributed by atoms with Crippen molar-refractivity contribution in [1.29, 1.82) is 0 Å². The molecule has 1 aromatic carbocycles. The van der Waals surface area contributed by atoms with Crippen molar-refractivity contribution in [2.45, 2.75) is 26.3 Å². The molecular formula is C12H17F3N2O. The summed E-state index contributed by atoms with van der Waals surface area (Å²) >= 11 is 0. The highest BCUT2D eigenvalue weighted by Gasteiger charge is 2.31. The van der Waals surface area contributed by atoms with Gasteiger partial charge in [0.15, 0.2) is 0 Å². The first-order valence-corrected chi connectivity index (χ1v) is 5.74. The van der Waals surface area contributed by atoms with Crippen LogP contribution in [0.15, 0.2) is 18.2 Å². The van der Waals surface area contributed by atoms with E-state index in [2.05, 4.69) is 10.1 Å². The van der Waals surface area contributed by atoms with Gasteiger partial charge in [0.25, 0.3) is 0 Å². The van der Waals surface area contributed by atoms with Crippen LogP contribution in [0.25, 0.3) is 0 Å². The molecule has 0 bridgehead atoms. The van der Waals surface area contributed by atoms with Crippen LogP contribution >= 0.6 is 0 Å². The Morgan fingerprint density at radius 3 is 2.44 bits per heavy atom. The highest BCUT2D eigenvalue weighted by atomic mass is 19.4. The van der Waals surface area contributed by atoms with E-state index in [1.54, 1.807) is 0 Å². The molecule has 0 radical (unpaired) electrons. The van der Waals surface area contributed by atoms with Crippen molar-refractivity contribution in [3.05, 3.63) is 29.3 Å². The zero-order valence-electron chi connectivity index (χ0n) is 10.2. The SMILES string of the molecule is CCc1cc(CNCCN)cc(OC(F)(F)F)c1. The minimum Gasteiger partial charge on any atom is -0.406 e. The summed E-state index contributed by atoms with van der Waals surface area (Å²) in [5.74, 6) is -0.175. The van der Waals surface area contributed by atoms with E-state index in [9.17, 15) is 13.2 Å². The summed E-state index contributed by atoms with van der Waals surface area (Å²) in [6, 6.07) is 4.64. The van der Waals surface area contributed by atoms with Gasteiger partial charge in [-0.15, -0.1) is 13.2 Å². The Hall–Kier alpha value is -1.27. The number of nitrogens with one attached hydrogen (secondary N) is 1. The second kappa shape index (κ2) is 6.61. The van der Waals surface area contributed by atoms with Crippen LogP contribution in [0.4, 0.5) is 13.2 Å². The van der Waals surface area contributed by atoms with Gasteiger partial charge in [-0.2, -0.15) is 0 Å². The Balaban J connectivity index is 2.80. The first-order valence-electron chi connectivity index (χ1n) is 5.74. The Bertz CT molecular complexity index is 380. The monoisotopic (exact) mass is 262 g/mol. The first-order chi connectivity index (χ1) is 8.44. The summed E-state index contributed by atoms with van der Waals surface area (Å²) in [5.41, 5.74) is 6.88. The fourth-order valence-electron chi connectivity index (χ4n) is 1.56. The molecule has 0 amide bonds. The highest BCUT2D eigenvalue weighted by molar-refractivity contribution is 5.34. The van der Waals surface area contributed by atoms with E-state index in [1.165, 1.54) is 12.1 Å². The van der Waals surface area contributed by atoms with Gasteiger partial charge in [0.1, 0.15) is 5.75 Å². The maximum Gasteiger partial charge on any atom is 0.573 e. The molecule has 1 aromatic rings. The third kappa shape index (κ3) is 5.37. The summed E-state index contributed by atoms with van der Waals surface area (Å²) < 4.78 is 40.4. The standard InChI is InChI=1S/C12H17F3N2O/c1-2-9-5-10(8-17-4-3-16)7-11(6-9)18-12(13,14)15/h5-7,17H,2-4,8,16H2,1H3. The van der Waals surface area contributed by atoms with Gasteiger partial charge in [-0.25, -0.2) is 0 Å². The van der Waals surface area contributed by atoms with Gasteiger partial charge >= 0.3 is 6.36 Å². The second-order valence-corrected chi connectivity index (χ2v) is 3.85. The van der Waals surface area contributed by atoms with E-state index in [-0.39, 0.29) is 5.75 Å². The molecule has 3 nitrogen and oxygen atoms in total. The van der Waals surface area contributed by atoms with Gasteiger partial charge in [0.2, 0.25) is 0 Å². The quantitative estimate of drug-likeness (QED) is 0.773. The minimum atomic E-state index is -4.66. The number of benzene rings is 1. The predicted octanol–water partition coefficient (Wildman–Crippen LogP) is 2.20. The molecule has 3 N–H and O–H groups in total. The van der Waals surface area contributed by atoms with Crippen LogP contribution in [0.5, 0.6) is 5.75 Å². The molecule has 0 heterocycles. The highest BCUT2D eigenvalue weighted by Crippen LogP contribution is 2.25. The van der Waals surface area contributed by atoms with Gasteiger partial charge in [-0.1, -0.05) is 13.0 Å². The lowest BCUT2D eigenvalue weighted by Crippen LogP contribution is -2.22. The summed E-state index contributed by atoms with van der Waals surface area (Å²) in [5, 5.41) is 3.03. The molecule has 0 fully saturated rings. The summed E-state index contributed by atoms with van der Waals surface area (Å²) in [6.07, 6.45) is -4.01. The fourth-order valence-corrected chi connectivity index (χ4v) is 1.56. The number of hydrogen-bond donors (Lipinski definition) is 2. The van der Waals surface area contributed by atoms with Crippen molar-refractivity contribution in [3.63, 3.8) is 0 Å². The first kappa shape index (κ1) is 14.8. The fraction of sp³-hybridized carbons (Fsp3) is 0.500. The number of aryl methyl sites for hydroxylation is 1. The van der Waals surface area contributed by atoms with Gasteiger partial charge in [0.05, 0.1) is 0 Å². The zero-order chi connectivity index (χ0) is 13.6. The van der Waals surface area contributed by atoms with Crippen molar-refractivity contribution in [1.82, 2.24) is 5.32 Å². The van der Waals surface area contributed by atoms with Crippen LogP contribution in [0.3, 0.4) is 0 Å². The van der Waals surface area contributed by atoms with Crippen molar-refractivity contribution in [2.24, 2.45) is 5.73 Å². The molecule has 0 atom stereocenters. The van der Waals surface area contributed by atoms with Crippen molar-refractivity contribution in [3.8, 4) is 5.75 Å². The Labute approximate surface area is 104 Å². The van der Waals surface area contributed by atoms with Crippen LogP contribution in [0.1, 0.15) is 18.1 Å². The van der Waals surface area contributed by atoms with E-state index in [4.69, 9.17) is 5.73 Å². The molecule has 0 aromatic heterocycles. The smallest absolute Gasteiger partial charge is 0.406 e. The molecule has 0 aliphatic rings. The number of alkyl halides is 3. The molecule has 0 aliphatic carbocycles. The molecule has 6 heteroatoms. The van der Waals surface area contributed by atoms with Gasteiger partial charge in [-0.3, -0.25) is 0 Å². The summed E-state index contributed by atoms with van der Waals surface area (Å²) in [4.78, 5) is 0. The van der Waals surface area contributed by atoms with Gasteiger partial charge < -0.3 is 15.8 Å². The second-order valence-electron chi connectivity index (χ2n) is 3.85. The third-order valence-electron chi connectivity index (χ3n) is 2.32. The van der Waals surface area contributed by atoms with Crippen molar-refractivity contribution < 1.29 is 17.9 Å². The molecular weight excluding hydrogens is 245 g/mol. The summed E-state index contributed by atoms with van der Waals surface area (Å²) in [7, 11) is 0. The topological polar surface area (TPSA) is 47.3 Å². The molecule has 0 unspecified atom stereocenters. The Morgan fingerprint density at radius 2 is 1.89 bits per heavy atom. The maximum atomic E-state index is 12.2. The van der Waals surface area contributed by atoms with E-state index in [0.717, 1.165) is 11.1 Å². The van der Waals surface area contributed by atoms with Gasteiger partial charge in [0, 0.05) is 19.6 Å².